The van der Waals surface area contributed by atoms with E-state index in [0.29, 0.717) is 12.6 Å². The summed E-state index contributed by atoms with van der Waals surface area (Å²) in [4.78, 5) is 8.93. The smallest absolute Gasteiger partial charge is 0.0571 e. The quantitative estimate of drug-likeness (QED) is 0.779. The number of pyridine rings is 2. The molecule has 23 heavy (non-hydrogen) atoms. The van der Waals surface area contributed by atoms with Crippen LogP contribution in [0.4, 0.5) is 0 Å². The van der Waals surface area contributed by atoms with Gasteiger partial charge in [-0.05, 0) is 56.5 Å². The Labute approximate surface area is 143 Å². The zero-order chi connectivity index (χ0) is 16.7. The molecule has 0 aliphatic heterocycles. The van der Waals surface area contributed by atoms with Crippen molar-refractivity contribution < 1.29 is 0 Å². The van der Waals surface area contributed by atoms with Crippen molar-refractivity contribution in [1.29, 1.82) is 0 Å². The molecule has 124 valence electrons. The first-order valence-electron chi connectivity index (χ1n) is 8.04. The lowest BCUT2D eigenvalue weighted by atomic mass is 10.0. The summed E-state index contributed by atoms with van der Waals surface area (Å²) in [6, 6.07) is 6.20. The van der Waals surface area contributed by atoms with Crippen LogP contribution in [0.5, 0.6) is 0 Å². The average Bonchev–Trinajstić information content (AvgIpc) is 2.51. The van der Waals surface area contributed by atoms with E-state index in [9.17, 15) is 0 Å². The molecule has 4 nitrogen and oxygen atoms in total. The van der Waals surface area contributed by atoms with Gasteiger partial charge in [0, 0.05) is 42.1 Å². The highest BCUT2D eigenvalue weighted by atomic mass is 35.5. The van der Waals surface area contributed by atoms with Gasteiger partial charge in [-0.1, -0.05) is 17.7 Å². The zero-order valence-electron chi connectivity index (χ0n) is 13.8. The van der Waals surface area contributed by atoms with Crippen LogP contribution in [0.2, 0.25) is 5.02 Å². The van der Waals surface area contributed by atoms with Crippen LogP contribution in [-0.2, 0) is 13.0 Å². The van der Waals surface area contributed by atoms with E-state index in [1.807, 2.05) is 12.3 Å². The molecule has 0 aromatic carbocycles. The van der Waals surface area contributed by atoms with E-state index in [-0.39, 0.29) is 0 Å². The monoisotopic (exact) mass is 332 g/mol. The van der Waals surface area contributed by atoms with E-state index >= 15 is 0 Å². The highest BCUT2D eigenvalue weighted by Crippen LogP contribution is 2.13. The molecule has 1 atom stereocenters. The number of halogens is 1. The maximum absolute atomic E-state index is 6.05. The molecule has 1 unspecified atom stereocenters. The normalized spacial score (nSPS) is 12.3. The van der Waals surface area contributed by atoms with Crippen LogP contribution in [0.15, 0.2) is 30.6 Å². The molecule has 0 saturated heterocycles. The molecular weight excluding hydrogens is 308 g/mol. The number of nitrogens with one attached hydrogen (secondary N) is 1. The number of nitrogens with zero attached hydrogens (tertiary/aromatic N) is 2. The number of hydrogen-bond acceptors (Lipinski definition) is 4. The third kappa shape index (κ3) is 5.90. The molecule has 0 amide bonds. The summed E-state index contributed by atoms with van der Waals surface area (Å²) in [5.41, 5.74) is 10.2. The Morgan fingerprint density at radius 1 is 1.26 bits per heavy atom. The molecule has 0 aliphatic rings. The Balaban J connectivity index is 2.00. The molecule has 5 heteroatoms. The summed E-state index contributed by atoms with van der Waals surface area (Å²) < 4.78 is 0. The lowest BCUT2D eigenvalue weighted by Gasteiger charge is -2.19. The molecule has 2 rings (SSSR count). The van der Waals surface area contributed by atoms with Gasteiger partial charge in [-0.3, -0.25) is 9.97 Å². The molecule has 2 aromatic heterocycles. The lowest BCUT2D eigenvalue weighted by Crippen LogP contribution is -2.32. The van der Waals surface area contributed by atoms with Crippen LogP contribution in [-0.4, -0.2) is 22.6 Å². The number of hydrogen-bond donors (Lipinski definition) is 2. The summed E-state index contributed by atoms with van der Waals surface area (Å²) in [5, 5.41) is 4.32. The first-order chi connectivity index (χ1) is 11.1. The zero-order valence-corrected chi connectivity index (χ0v) is 14.6. The fourth-order valence-corrected chi connectivity index (χ4v) is 2.81. The second-order valence-electron chi connectivity index (χ2n) is 5.95. The van der Waals surface area contributed by atoms with E-state index in [1.165, 1.54) is 11.1 Å². The predicted molar refractivity (Wildman–Crippen MR) is 95.6 cm³/mol. The van der Waals surface area contributed by atoms with Gasteiger partial charge in [-0.15, -0.1) is 0 Å². The first-order valence-corrected chi connectivity index (χ1v) is 8.42. The van der Waals surface area contributed by atoms with Gasteiger partial charge in [0.05, 0.1) is 5.69 Å². The molecule has 0 aliphatic carbocycles. The van der Waals surface area contributed by atoms with Crippen molar-refractivity contribution in [3.8, 4) is 0 Å². The molecular formula is C18H25ClN4. The molecule has 0 radical (unpaired) electrons. The van der Waals surface area contributed by atoms with Crippen molar-refractivity contribution in [2.75, 3.05) is 6.54 Å². The minimum absolute atomic E-state index is 0.312. The molecule has 3 N–H and O–H groups in total. The van der Waals surface area contributed by atoms with Crippen molar-refractivity contribution in [3.05, 3.63) is 58.1 Å². The van der Waals surface area contributed by atoms with Crippen LogP contribution in [0.25, 0.3) is 0 Å². The molecule has 0 saturated carbocycles. The standard InChI is InChI=1S/C18H25ClN4/c1-13-8-14(2)18(23-11-13)12-22-16(4-3-6-20)10-17-9-15(19)5-7-21-17/h5,7-9,11,16,22H,3-4,6,10,12,20H2,1-2H3. The van der Waals surface area contributed by atoms with E-state index in [4.69, 9.17) is 17.3 Å². The number of aryl methyl sites for hydroxylation is 2. The summed E-state index contributed by atoms with van der Waals surface area (Å²) >= 11 is 6.05. The van der Waals surface area contributed by atoms with Crippen LogP contribution in [0, 0.1) is 13.8 Å². The van der Waals surface area contributed by atoms with Gasteiger partial charge in [0.25, 0.3) is 0 Å². The minimum Gasteiger partial charge on any atom is -0.330 e. The van der Waals surface area contributed by atoms with E-state index in [1.54, 1.807) is 12.3 Å². The van der Waals surface area contributed by atoms with Crippen molar-refractivity contribution in [2.45, 2.75) is 45.7 Å². The number of rotatable bonds is 8. The van der Waals surface area contributed by atoms with Crippen LogP contribution < -0.4 is 11.1 Å². The maximum Gasteiger partial charge on any atom is 0.0571 e. The SMILES string of the molecule is Cc1cnc(CNC(CCCN)Cc2cc(Cl)ccn2)c(C)c1. The maximum atomic E-state index is 6.05. The van der Waals surface area contributed by atoms with Gasteiger partial charge < -0.3 is 11.1 Å². The lowest BCUT2D eigenvalue weighted by molar-refractivity contribution is 0.459. The summed E-state index contributed by atoms with van der Waals surface area (Å²) in [6.07, 6.45) is 6.50. The molecule has 0 bridgehead atoms. The number of aromatic nitrogens is 2. The Morgan fingerprint density at radius 2 is 2.09 bits per heavy atom. The third-order valence-electron chi connectivity index (χ3n) is 3.87. The summed E-state index contributed by atoms with van der Waals surface area (Å²) in [5.74, 6) is 0. The van der Waals surface area contributed by atoms with Gasteiger partial charge >= 0.3 is 0 Å². The Bertz CT molecular complexity index is 630. The molecule has 0 fully saturated rings. The first kappa shape index (κ1) is 17.9. The van der Waals surface area contributed by atoms with Crippen molar-refractivity contribution in [2.24, 2.45) is 5.73 Å². The number of nitrogens with two attached hydrogens (primary N) is 1. The second-order valence-corrected chi connectivity index (χ2v) is 6.39. The van der Waals surface area contributed by atoms with Crippen molar-refractivity contribution in [3.63, 3.8) is 0 Å². The van der Waals surface area contributed by atoms with Crippen LogP contribution in [0.1, 0.15) is 35.4 Å². The summed E-state index contributed by atoms with van der Waals surface area (Å²) in [7, 11) is 0. The van der Waals surface area contributed by atoms with Gasteiger partial charge in [0.1, 0.15) is 0 Å². The fraction of sp³-hybridized carbons (Fsp3) is 0.444. The Kier molecular flexibility index (Phi) is 6.96. The largest absolute Gasteiger partial charge is 0.330 e. The van der Waals surface area contributed by atoms with Gasteiger partial charge in [-0.25, -0.2) is 0 Å². The predicted octanol–water partition coefficient (Wildman–Crippen LogP) is 3.19. The third-order valence-corrected chi connectivity index (χ3v) is 4.11. The van der Waals surface area contributed by atoms with Crippen molar-refractivity contribution >= 4 is 11.6 Å². The van der Waals surface area contributed by atoms with Gasteiger partial charge in [-0.2, -0.15) is 0 Å². The molecule has 2 heterocycles. The average molecular weight is 333 g/mol. The molecule has 0 spiro atoms. The van der Waals surface area contributed by atoms with E-state index in [2.05, 4.69) is 35.2 Å². The highest BCUT2D eigenvalue weighted by Gasteiger charge is 2.11. The Hall–Kier alpha value is -1.49. The topological polar surface area (TPSA) is 63.8 Å². The van der Waals surface area contributed by atoms with Gasteiger partial charge in [0.15, 0.2) is 0 Å². The Morgan fingerprint density at radius 3 is 2.78 bits per heavy atom. The van der Waals surface area contributed by atoms with Gasteiger partial charge in [0.2, 0.25) is 0 Å². The van der Waals surface area contributed by atoms with Crippen molar-refractivity contribution in [1.82, 2.24) is 15.3 Å². The van der Waals surface area contributed by atoms with Crippen LogP contribution >= 0.6 is 11.6 Å². The van der Waals surface area contributed by atoms with E-state index < -0.39 is 0 Å². The fourth-order valence-electron chi connectivity index (χ4n) is 2.62. The highest BCUT2D eigenvalue weighted by molar-refractivity contribution is 6.30. The minimum atomic E-state index is 0.312. The second kappa shape index (κ2) is 8.96. The molecule has 2 aromatic rings. The summed E-state index contributed by atoms with van der Waals surface area (Å²) in [6.45, 7) is 5.61. The van der Waals surface area contributed by atoms with Crippen LogP contribution in [0.3, 0.4) is 0 Å². The van der Waals surface area contributed by atoms with E-state index in [0.717, 1.165) is 42.2 Å².